The first-order chi connectivity index (χ1) is 13.2. The Labute approximate surface area is 167 Å². The van der Waals surface area contributed by atoms with Crippen molar-refractivity contribution in [3.63, 3.8) is 0 Å². The topological polar surface area (TPSA) is 40.5 Å². The summed E-state index contributed by atoms with van der Waals surface area (Å²) >= 11 is 0. The standard InChI is InChI=1S/C24H43NO2/c1-25-20-14-10-6-8-12-16-21-15-11-7-4-2-3-5-9-13-17-23(26)22(19-18-21)24(25)27/h21,26H,2-20H2,1H3/b23-22-. The summed E-state index contributed by atoms with van der Waals surface area (Å²) in [5.41, 5.74) is 0.719. The van der Waals surface area contributed by atoms with Crippen LogP contribution >= 0.6 is 0 Å². The zero-order valence-corrected chi connectivity index (χ0v) is 17.8. The summed E-state index contributed by atoms with van der Waals surface area (Å²) in [6.45, 7) is 0.818. The molecule has 1 amide bonds. The van der Waals surface area contributed by atoms with Crippen LogP contribution in [-0.2, 0) is 4.79 Å². The van der Waals surface area contributed by atoms with Crippen LogP contribution in [0.25, 0.3) is 0 Å². The molecule has 0 radical (unpaired) electrons. The van der Waals surface area contributed by atoms with Crippen LogP contribution in [0.3, 0.4) is 0 Å². The second kappa shape index (κ2) is 13.2. The minimum atomic E-state index is 0.0785. The summed E-state index contributed by atoms with van der Waals surface area (Å²) in [6.07, 6.45) is 21.6. The highest BCUT2D eigenvalue weighted by molar-refractivity contribution is 5.93. The molecule has 2 aliphatic rings. The van der Waals surface area contributed by atoms with Crippen molar-refractivity contribution in [3.05, 3.63) is 11.3 Å². The highest BCUT2D eigenvalue weighted by Crippen LogP contribution is 2.28. The van der Waals surface area contributed by atoms with E-state index < -0.39 is 0 Å². The van der Waals surface area contributed by atoms with Gasteiger partial charge in [-0.2, -0.15) is 0 Å². The van der Waals surface area contributed by atoms with E-state index in [1.807, 2.05) is 11.9 Å². The average Bonchev–Trinajstić information content (AvgIpc) is 2.66. The maximum atomic E-state index is 13.0. The van der Waals surface area contributed by atoms with E-state index in [-0.39, 0.29) is 5.91 Å². The molecular formula is C24H43NO2. The fourth-order valence-corrected chi connectivity index (χ4v) is 4.74. The number of hydrogen-bond donors (Lipinski definition) is 1. The summed E-state index contributed by atoms with van der Waals surface area (Å²) in [5, 5.41) is 10.7. The molecule has 1 fully saturated rings. The van der Waals surface area contributed by atoms with Crippen LogP contribution in [0.15, 0.2) is 11.3 Å². The molecule has 1 unspecified atom stereocenters. The maximum absolute atomic E-state index is 13.0. The van der Waals surface area contributed by atoms with Gasteiger partial charge < -0.3 is 10.0 Å². The number of rotatable bonds is 0. The number of aliphatic hydroxyl groups is 1. The highest BCUT2D eigenvalue weighted by atomic mass is 16.3. The van der Waals surface area contributed by atoms with Crippen LogP contribution in [0.2, 0.25) is 0 Å². The highest BCUT2D eigenvalue weighted by Gasteiger charge is 2.21. The number of carbonyl (C=O) groups excluding carboxylic acids is 1. The summed E-state index contributed by atoms with van der Waals surface area (Å²) < 4.78 is 0. The number of amides is 1. The maximum Gasteiger partial charge on any atom is 0.252 e. The molecule has 0 aromatic heterocycles. The van der Waals surface area contributed by atoms with Crippen molar-refractivity contribution in [3.8, 4) is 0 Å². The third-order valence-corrected chi connectivity index (χ3v) is 6.64. The van der Waals surface area contributed by atoms with Gasteiger partial charge in [-0.25, -0.2) is 0 Å². The fraction of sp³-hybridized carbons (Fsp3) is 0.875. The monoisotopic (exact) mass is 377 g/mol. The molecule has 0 aromatic carbocycles. The summed E-state index contributed by atoms with van der Waals surface area (Å²) in [6, 6.07) is 0. The van der Waals surface area contributed by atoms with Gasteiger partial charge in [0.05, 0.1) is 5.57 Å². The molecule has 1 heterocycles. The largest absolute Gasteiger partial charge is 0.512 e. The summed E-state index contributed by atoms with van der Waals surface area (Å²) in [7, 11) is 1.91. The molecule has 3 nitrogen and oxygen atoms in total. The van der Waals surface area contributed by atoms with Crippen molar-refractivity contribution >= 4 is 5.91 Å². The Morgan fingerprint density at radius 2 is 1.22 bits per heavy atom. The van der Waals surface area contributed by atoms with Gasteiger partial charge in [0.15, 0.2) is 0 Å². The van der Waals surface area contributed by atoms with Gasteiger partial charge in [-0.15, -0.1) is 0 Å². The number of fused-ring (bicyclic) bond motifs is 3. The van der Waals surface area contributed by atoms with Crippen LogP contribution in [0, 0.1) is 5.92 Å². The van der Waals surface area contributed by atoms with E-state index in [1.165, 1.54) is 83.5 Å². The number of allylic oxidation sites excluding steroid dienone is 1. The van der Waals surface area contributed by atoms with Crippen LogP contribution < -0.4 is 0 Å². The Balaban J connectivity index is 2.14. The number of likely N-dealkylation sites (N-methyl/N-ethyl adjacent to an activating group) is 1. The number of aliphatic hydroxyl groups excluding tert-OH is 1. The third kappa shape index (κ3) is 8.70. The molecular weight excluding hydrogens is 334 g/mol. The van der Waals surface area contributed by atoms with Crippen molar-refractivity contribution in [1.29, 1.82) is 0 Å². The second-order valence-electron chi connectivity index (χ2n) is 8.98. The van der Waals surface area contributed by atoms with Crippen molar-refractivity contribution in [2.75, 3.05) is 13.6 Å². The Kier molecular flexibility index (Phi) is 10.9. The Hall–Kier alpha value is -0.990. The van der Waals surface area contributed by atoms with E-state index in [1.54, 1.807) is 0 Å². The molecule has 1 aliphatic heterocycles. The van der Waals surface area contributed by atoms with E-state index >= 15 is 0 Å². The fourth-order valence-electron chi connectivity index (χ4n) is 4.74. The van der Waals surface area contributed by atoms with E-state index in [2.05, 4.69) is 0 Å². The van der Waals surface area contributed by atoms with E-state index in [0.717, 1.165) is 43.7 Å². The van der Waals surface area contributed by atoms with Gasteiger partial charge in [0.2, 0.25) is 0 Å². The second-order valence-corrected chi connectivity index (χ2v) is 8.98. The van der Waals surface area contributed by atoms with Crippen molar-refractivity contribution in [1.82, 2.24) is 4.90 Å². The zero-order valence-electron chi connectivity index (χ0n) is 17.8. The Morgan fingerprint density at radius 1 is 0.704 bits per heavy atom. The third-order valence-electron chi connectivity index (χ3n) is 6.64. The normalized spacial score (nSPS) is 29.1. The molecule has 156 valence electrons. The minimum absolute atomic E-state index is 0.0785. The summed E-state index contributed by atoms with van der Waals surface area (Å²) in [4.78, 5) is 14.9. The molecule has 27 heavy (non-hydrogen) atoms. The lowest BCUT2D eigenvalue weighted by molar-refractivity contribution is -0.126. The number of hydrogen-bond acceptors (Lipinski definition) is 2. The van der Waals surface area contributed by atoms with Crippen LogP contribution in [-0.4, -0.2) is 29.5 Å². The first-order valence-corrected chi connectivity index (χ1v) is 11.8. The molecule has 3 heteroatoms. The minimum Gasteiger partial charge on any atom is -0.512 e. The number of carbonyl (C=O) groups is 1. The molecule has 0 aromatic rings. The van der Waals surface area contributed by atoms with Gasteiger partial charge in [-0.3, -0.25) is 4.79 Å². The number of nitrogens with zero attached hydrogens (tertiary/aromatic N) is 1. The van der Waals surface area contributed by atoms with Crippen molar-refractivity contribution in [2.45, 2.75) is 116 Å². The lowest BCUT2D eigenvalue weighted by Crippen LogP contribution is -2.30. The van der Waals surface area contributed by atoms with Crippen LogP contribution in [0.4, 0.5) is 0 Å². The smallest absolute Gasteiger partial charge is 0.252 e. The Morgan fingerprint density at radius 3 is 1.85 bits per heavy atom. The quantitative estimate of drug-likeness (QED) is 0.497. The van der Waals surface area contributed by atoms with Gasteiger partial charge in [0, 0.05) is 20.0 Å². The molecule has 1 N–H and O–H groups in total. The van der Waals surface area contributed by atoms with E-state index in [4.69, 9.17) is 0 Å². The van der Waals surface area contributed by atoms with Gasteiger partial charge in [-0.05, 0) is 31.6 Å². The van der Waals surface area contributed by atoms with Crippen LogP contribution in [0.1, 0.15) is 116 Å². The summed E-state index contributed by atoms with van der Waals surface area (Å²) in [5.74, 6) is 1.18. The average molecular weight is 378 g/mol. The molecule has 2 rings (SSSR count). The van der Waals surface area contributed by atoms with Crippen LogP contribution in [0.5, 0.6) is 0 Å². The predicted molar refractivity (Wildman–Crippen MR) is 114 cm³/mol. The molecule has 2 bridgehead atoms. The lowest BCUT2D eigenvalue weighted by Gasteiger charge is -2.22. The zero-order chi connectivity index (χ0) is 19.3. The SMILES string of the molecule is CN1CCCCCCCC2CCCCCCCCCC/C(O)=C(\CC2)C1=O. The predicted octanol–water partition coefficient (Wildman–Crippen LogP) is 6.92. The van der Waals surface area contributed by atoms with Gasteiger partial charge in [0.1, 0.15) is 5.76 Å². The first kappa shape index (κ1) is 22.3. The first-order valence-electron chi connectivity index (χ1n) is 11.8. The molecule has 1 saturated heterocycles. The lowest BCUT2D eigenvalue weighted by atomic mass is 9.88. The van der Waals surface area contributed by atoms with Gasteiger partial charge in [-0.1, -0.05) is 83.5 Å². The Bertz CT molecular complexity index is 457. The van der Waals surface area contributed by atoms with E-state index in [0.29, 0.717) is 12.2 Å². The molecule has 0 spiro atoms. The van der Waals surface area contributed by atoms with E-state index in [9.17, 15) is 9.90 Å². The van der Waals surface area contributed by atoms with Gasteiger partial charge >= 0.3 is 0 Å². The molecule has 1 atom stereocenters. The van der Waals surface area contributed by atoms with Crippen molar-refractivity contribution < 1.29 is 9.90 Å². The molecule has 1 aliphatic carbocycles. The van der Waals surface area contributed by atoms with Crippen molar-refractivity contribution in [2.24, 2.45) is 5.92 Å². The molecule has 0 saturated carbocycles. The van der Waals surface area contributed by atoms with Gasteiger partial charge in [0.25, 0.3) is 5.91 Å².